The van der Waals surface area contributed by atoms with Crippen LogP contribution in [0.15, 0.2) is 18.2 Å². The lowest BCUT2D eigenvalue weighted by Gasteiger charge is -2.04. The molecule has 0 fully saturated rings. The van der Waals surface area contributed by atoms with Crippen LogP contribution in [0.5, 0.6) is 11.5 Å². The molecule has 1 atom stereocenters. The fourth-order valence-corrected chi connectivity index (χ4v) is 1.10. The Morgan fingerprint density at radius 2 is 2.08 bits per heavy atom. The zero-order chi connectivity index (χ0) is 8.55. The van der Waals surface area contributed by atoms with Crippen LogP contribution in [0.1, 0.15) is 11.8 Å². The van der Waals surface area contributed by atoms with Gasteiger partial charge >= 0.3 is 0 Å². The number of hydrogen-bond donors (Lipinski definition) is 2. The summed E-state index contributed by atoms with van der Waals surface area (Å²) in [4.78, 5) is 0. The van der Waals surface area contributed by atoms with Gasteiger partial charge in [-0.05, 0) is 17.7 Å². The van der Waals surface area contributed by atoms with E-state index in [0.29, 0.717) is 17.1 Å². The zero-order valence-corrected chi connectivity index (χ0v) is 6.36. The number of hydrogen-bond acceptors (Lipinski definition) is 4. The van der Waals surface area contributed by atoms with Crippen molar-refractivity contribution < 1.29 is 14.6 Å². The fraction of sp³-hybridized carbons (Fsp3) is 0.250. The van der Waals surface area contributed by atoms with Crippen LogP contribution in [0.4, 0.5) is 0 Å². The van der Waals surface area contributed by atoms with Gasteiger partial charge in [-0.25, -0.2) is 0 Å². The Kier molecular flexibility index (Phi) is 1.64. The Balaban J connectivity index is 2.39. The van der Waals surface area contributed by atoms with Gasteiger partial charge in [0.1, 0.15) is 6.23 Å². The molecule has 0 saturated carbocycles. The monoisotopic (exact) mass is 167 g/mol. The first kappa shape index (κ1) is 7.39. The van der Waals surface area contributed by atoms with Gasteiger partial charge in [-0.15, -0.1) is 0 Å². The molecule has 1 unspecified atom stereocenters. The van der Waals surface area contributed by atoms with Crippen LogP contribution in [0.25, 0.3) is 0 Å². The highest BCUT2D eigenvalue weighted by Gasteiger charge is 2.14. The normalized spacial score (nSPS) is 16.2. The largest absolute Gasteiger partial charge is 0.454 e. The van der Waals surface area contributed by atoms with E-state index in [4.69, 9.17) is 20.3 Å². The lowest BCUT2D eigenvalue weighted by Crippen LogP contribution is -2.07. The molecule has 1 aromatic carbocycles. The Hall–Kier alpha value is -1.26. The van der Waals surface area contributed by atoms with E-state index in [2.05, 4.69) is 0 Å². The first-order chi connectivity index (χ1) is 5.77. The molecule has 0 bridgehead atoms. The van der Waals surface area contributed by atoms with E-state index in [1.54, 1.807) is 18.2 Å². The van der Waals surface area contributed by atoms with Crippen molar-refractivity contribution in [2.45, 2.75) is 6.23 Å². The molecule has 0 aliphatic carbocycles. The molecule has 1 aliphatic rings. The standard InChI is InChI=1S/C8H9NO3/c9-8(10)5-1-2-6-7(3-5)12-4-11-6/h1-3,8,10H,4,9H2. The maximum absolute atomic E-state index is 9.04. The van der Waals surface area contributed by atoms with Gasteiger partial charge in [0.25, 0.3) is 0 Å². The molecule has 1 heterocycles. The Bertz CT molecular complexity index is 298. The summed E-state index contributed by atoms with van der Waals surface area (Å²) in [6.07, 6.45) is -0.959. The molecule has 3 N–H and O–H groups in total. The maximum Gasteiger partial charge on any atom is 0.231 e. The quantitative estimate of drug-likeness (QED) is 0.593. The first-order valence-corrected chi connectivity index (χ1v) is 3.60. The molecule has 0 radical (unpaired) electrons. The minimum atomic E-state index is -0.959. The number of aliphatic hydroxyl groups is 1. The highest BCUT2D eigenvalue weighted by molar-refractivity contribution is 5.44. The second-order valence-corrected chi connectivity index (χ2v) is 2.56. The van der Waals surface area contributed by atoms with Gasteiger partial charge in [0, 0.05) is 0 Å². The fourth-order valence-electron chi connectivity index (χ4n) is 1.10. The van der Waals surface area contributed by atoms with Gasteiger partial charge in [0.05, 0.1) is 0 Å². The molecule has 0 saturated heterocycles. The number of benzene rings is 1. The molecule has 64 valence electrons. The Morgan fingerprint density at radius 1 is 1.33 bits per heavy atom. The zero-order valence-electron chi connectivity index (χ0n) is 6.36. The smallest absolute Gasteiger partial charge is 0.231 e. The van der Waals surface area contributed by atoms with Crippen molar-refractivity contribution in [2.24, 2.45) is 5.73 Å². The third-order valence-corrected chi connectivity index (χ3v) is 1.74. The van der Waals surface area contributed by atoms with Crippen molar-refractivity contribution in [1.29, 1.82) is 0 Å². The summed E-state index contributed by atoms with van der Waals surface area (Å²) in [5.74, 6) is 1.33. The van der Waals surface area contributed by atoms with Crippen LogP contribution < -0.4 is 15.2 Å². The second-order valence-electron chi connectivity index (χ2n) is 2.56. The van der Waals surface area contributed by atoms with Crippen LogP contribution >= 0.6 is 0 Å². The van der Waals surface area contributed by atoms with E-state index in [1.807, 2.05) is 0 Å². The maximum atomic E-state index is 9.04. The summed E-state index contributed by atoms with van der Waals surface area (Å²) in [5.41, 5.74) is 5.89. The van der Waals surface area contributed by atoms with E-state index >= 15 is 0 Å². The van der Waals surface area contributed by atoms with E-state index in [1.165, 1.54) is 0 Å². The number of aliphatic hydroxyl groups excluding tert-OH is 1. The number of fused-ring (bicyclic) bond motifs is 1. The summed E-state index contributed by atoms with van der Waals surface area (Å²) in [7, 11) is 0. The minimum Gasteiger partial charge on any atom is -0.454 e. The van der Waals surface area contributed by atoms with Crippen molar-refractivity contribution in [3.05, 3.63) is 23.8 Å². The predicted molar refractivity (Wildman–Crippen MR) is 41.7 cm³/mol. The van der Waals surface area contributed by atoms with Crippen molar-refractivity contribution in [3.63, 3.8) is 0 Å². The molecular weight excluding hydrogens is 158 g/mol. The summed E-state index contributed by atoms with van der Waals surface area (Å²) >= 11 is 0. The second kappa shape index (κ2) is 2.66. The first-order valence-electron chi connectivity index (χ1n) is 3.60. The minimum absolute atomic E-state index is 0.236. The van der Waals surface area contributed by atoms with Gasteiger partial charge in [-0.3, -0.25) is 0 Å². The topological polar surface area (TPSA) is 64.7 Å². The average molecular weight is 167 g/mol. The van der Waals surface area contributed by atoms with Gasteiger partial charge in [0.15, 0.2) is 11.5 Å². The van der Waals surface area contributed by atoms with Gasteiger partial charge in [-0.2, -0.15) is 0 Å². The third kappa shape index (κ3) is 1.11. The summed E-state index contributed by atoms with van der Waals surface area (Å²) < 4.78 is 10.2. The molecule has 0 spiro atoms. The predicted octanol–water partition coefficient (Wildman–Crippen LogP) is 0.365. The van der Waals surface area contributed by atoms with E-state index < -0.39 is 6.23 Å². The lowest BCUT2D eigenvalue weighted by molar-refractivity contribution is 0.172. The average Bonchev–Trinajstić information content (AvgIpc) is 2.49. The Morgan fingerprint density at radius 3 is 2.83 bits per heavy atom. The van der Waals surface area contributed by atoms with E-state index in [9.17, 15) is 0 Å². The van der Waals surface area contributed by atoms with Crippen molar-refractivity contribution in [3.8, 4) is 11.5 Å². The molecule has 12 heavy (non-hydrogen) atoms. The van der Waals surface area contributed by atoms with Gasteiger partial charge in [-0.1, -0.05) is 6.07 Å². The van der Waals surface area contributed by atoms with Crippen molar-refractivity contribution in [1.82, 2.24) is 0 Å². The van der Waals surface area contributed by atoms with Crippen LogP contribution in [0.3, 0.4) is 0 Å². The van der Waals surface area contributed by atoms with Crippen LogP contribution in [-0.4, -0.2) is 11.9 Å². The Labute approximate surface area is 69.5 Å². The molecular formula is C8H9NO3. The third-order valence-electron chi connectivity index (χ3n) is 1.74. The van der Waals surface area contributed by atoms with Crippen LogP contribution in [0.2, 0.25) is 0 Å². The van der Waals surface area contributed by atoms with Crippen molar-refractivity contribution in [2.75, 3.05) is 6.79 Å². The molecule has 1 aromatic rings. The van der Waals surface area contributed by atoms with Gasteiger partial charge < -0.3 is 20.3 Å². The highest BCUT2D eigenvalue weighted by atomic mass is 16.7. The van der Waals surface area contributed by atoms with E-state index in [-0.39, 0.29) is 6.79 Å². The van der Waals surface area contributed by atoms with E-state index in [0.717, 1.165) is 0 Å². The number of nitrogens with two attached hydrogens (primary N) is 1. The SMILES string of the molecule is NC(O)c1ccc2c(c1)OCO2. The summed E-state index contributed by atoms with van der Waals surface area (Å²) in [6, 6.07) is 5.11. The van der Waals surface area contributed by atoms with Gasteiger partial charge in [0.2, 0.25) is 6.79 Å². The van der Waals surface area contributed by atoms with Crippen LogP contribution in [-0.2, 0) is 0 Å². The summed E-state index contributed by atoms with van der Waals surface area (Å²) in [5, 5.41) is 9.04. The number of ether oxygens (including phenoxy) is 2. The molecule has 2 rings (SSSR count). The molecule has 1 aliphatic heterocycles. The lowest BCUT2D eigenvalue weighted by atomic mass is 10.2. The highest BCUT2D eigenvalue weighted by Crippen LogP contribution is 2.33. The number of rotatable bonds is 1. The molecule has 4 nitrogen and oxygen atoms in total. The molecule has 0 aromatic heterocycles. The van der Waals surface area contributed by atoms with Crippen LogP contribution in [0, 0.1) is 0 Å². The molecule has 4 heteroatoms. The summed E-state index contributed by atoms with van der Waals surface area (Å²) in [6.45, 7) is 0.236. The van der Waals surface area contributed by atoms with Crippen molar-refractivity contribution >= 4 is 0 Å². The molecule has 0 amide bonds.